The van der Waals surface area contributed by atoms with Gasteiger partial charge in [0, 0.05) is 18.8 Å². The summed E-state index contributed by atoms with van der Waals surface area (Å²) < 4.78 is 39.2. The minimum absolute atomic E-state index is 0.117. The fourth-order valence-electron chi connectivity index (χ4n) is 3.32. The van der Waals surface area contributed by atoms with Crippen LogP contribution in [-0.2, 0) is 12.7 Å². The molecule has 24 heavy (non-hydrogen) atoms. The molecule has 0 unspecified atom stereocenters. The number of nitrogens with one attached hydrogen (secondary N) is 1. The summed E-state index contributed by atoms with van der Waals surface area (Å²) in [6.45, 7) is 1.76. The molecule has 1 aromatic carbocycles. The van der Waals surface area contributed by atoms with E-state index in [0.717, 1.165) is 37.6 Å². The highest BCUT2D eigenvalue weighted by Crippen LogP contribution is 2.33. The van der Waals surface area contributed by atoms with E-state index < -0.39 is 11.7 Å². The Morgan fingerprint density at radius 3 is 2.50 bits per heavy atom. The summed E-state index contributed by atoms with van der Waals surface area (Å²) in [5, 5.41) is 0. The number of pyridine rings is 1. The van der Waals surface area contributed by atoms with Crippen molar-refractivity contribution < 1.29 is 13.2 Å². The SMILES string of the molecule is O=c1cc(C2CCN(Cc3ccccc3C(F)(F)F)CC2)cc[nH]1. The van der Waals surface area contributed by atoms with Crippen LogP contribution in [0.5, 0.6) is 0 Å². The van der Waals surface area contributed by atoms with E-state index in [0.29, 0.717) is 18.0 Å². The van der Waals surface area contributed by atoms with E-state index in [1.54, 1.807) is 24.4 Å². The van der Waals surface area contributed by atoms with Crippen LogP contribution in [0.2, 0.25) is 0 Å². The van der Waals surface area contributed by atoms with Gasteiger partial charge in [0.05, 0.1) is 5.56 Å². The number of likely N-dealkylation sites (tertiary alicyclic amines) is 1. The third-order valence-electron chi connectivity index (χ3n) is 4.57. The number of piperidine rings is 1. The Kier molecular flexibility index (Phi) is 4.76. The summed E-state index contributed by atoms with van der Waals surface area (Å²) in [4.78, 5) is 16.0. The number of rotatable bonds is 3. The van der Waals surface area contributed by atoms with Crippen molar-refractivity contribution in [2.24, 2.45) is 0 Å². The minimum atomic E-state index is -4.32. The molecule has 6 heteroatoms. The van der Waals surface area contributed by atoms with Gasteiger partial charge in [0.2, 0.25) is 5.56 Å². The third kappa shape index (κ3) is 3.87. The Labute approximate surface area is 138 Å². The van der Waals surface area contributed by atoms with Crippen molar-refractivity contribution in [2.45, 2.75) is 31.5 Å². The molecule has 1 saturated heterocycles. The summed E-state index contributed by atoms with van der Waals surface area (Å²) in [6.07, 6.45) is -0.987. The molecular formula is C18H19F3N2O. The zero-order chi connectivity index (χ0) is 17.2. The highest BCUT2D eigenvalue weighted by Gasteiger charge is 2.33. The van der Waals surface area contributed by atoms with E-state index in [1.807, 2.05) is 11.0 Å². The second-order valence-electron chi connectivity index (χ2n) is 6.19. The van der Waals surface area contributed by atoms with E-state index in [9.17, 15) is 18.0 Å². The average molecular weight is 336 g/mol. The van der Waals surface area contributed by atoms with Gasteiger partial charge in [-0.3, -0.25) is 9.69 Å². The molecule has 128 valence electrons. The van der Waals surface area contributed by atoms with E-state index >= 15 is 0 Å². The first kappa shape index (κ1) is 16.8. The van der Waals surface area contributed by atoms with Crippen LogP contribution < -0.4 is 5.56 Å². The highest BCUT2D eigenvalue weighted by atomic mass is 19.4. The second kappa shape index (κ2) is 6.81. The second-order valence-corrected chi connectivity index (χ2v) is 6.19. The lowest BCUT2D eigenvalue weighted by Crippen LogP contribution is -2.33. The fourth-order valence-corrected chi connectivity index (χ4v) is 3.32. The maximum absolute atomic E-state index is 13.1. The van der Waals surface area contributed by atoms with Crippen molar-refractivity contribution in [3.63, 3.8) is 0 Å². The lowest BCUT2D eigenvalue weighted by molar-refractivity contribution is -0.138. The summed E-state index contributed by atoms with van der Waals surface area (Å²) in [6, 6.07) is 9.27. The maximum Gasteiger partial charge on any atom is 0.416 e. The van der Waals surface area contributed by atoms with E-state index in [-0.39, 0.29) is 5.56 Å². The van der Waals surface area contributed by atoms with Gasteiger partial charge in [-0.15, -0.1) is 0 Å². The monoisotopic (exact) mass is 336 g/mol. The van der Waals surface area contributed by atoms with Gasteiger partial charge in [-0.05, 0) is 55.1 Å². The van der Waals surface area contributed by atoms with Gasteiger partial charge in [0.25, 0.3) is 0 Å². The van der Waals surface area contributed by atoms with E-state index in [2.05, 4.69) is 4.98 Å². The van der Waals surface area contributed by atoms with Crippen LogP contribution in [0.25, 0.3) is 0 Å². The minimum Gasteiger partial charge on any atom is -0.329 e. The van der Waals surface area contributed by atoms with E-state index in [1.165, 1.54) is 6.07 Å². The highest BCUT2D eigenvalue weighted by molar-refractivity contribution is 5.29. The van der Waals surface area contributed by atoms with Gasteiger partial charge in [0.15, 0.2) is 0 Å². The average Bonchev–Trinajstić information content (AvgIpc) is 2.55. The number of nitrogens with zero attached hydrogens (tertiary/aromatic N) is 1. The van der Waals surface area contributed by atoms with Crippen LogP contribution in [0.3, 0.4) is 0 Å². The lowest BCUT2D eigenvalue weighted by Gasteiger charge is -2.32. The number of hydrogen-bond donors (Lipinski definition) is 1. The quantitative estimate of drug-likeness (QED) is 0.926. The van der Waals surface area contributed by atoms with Gasteiger partial charge in [-0.25, -0.2) is 0 Å². The third-order valence-corrected chi connectivity index (χ3v) is 4.57. The van der Waals surface area contributed by atoms with Crippen LogP contribution >= 0.6 is 0 Å². The van der Waals surface area contributed by atoms with Gasteiger partial charge >= 0.3 is 6.18 Å². The first-order valence-corrected chi connectivity index (χ1v) is 7.99. The molecule has 0 atom stereocenters. The molecule has 0 bridgehead atoms. The molecular weight excluding hydrogens is 317 g/mol. The molecule has 0 spiro atoms. The molecule has 1 N–H and O–H groups in total. The predicted octanol–water partition coefficient (Wildman–Crippen LogP) is 3.77. The molecule has 2 aromatic rings. The topological polar surface area (TPSA) is 36.1 Å². The number of aromatic nitrogens is 1. The van der Waals surface area contributed by atoms with Crippen LogP contribution in [0.15, 0.2) is 47.4 Å². The zero-order valence-corrected chi connectivity index (χ0v) is 13.1. The first-order valence-electron chi connectivity index (χ1n) is 7.99. The molecule has 0 aliphatic carbocycles. The molecule has 0 radical (unpaired) electrons. The van der Waals surface area contributed by atoms with Gasteiger partial charge in [0.1, 0.15) is 0 Å². The summed E-state index contributed by atoms with van der Waals surface area (Å²) >= 11 is 0. The number of halogens is 3. The Morgan fingerprint density at radius 2 is 1.83 bits per heavy atom. The molecule has 2 heterocycles. The number of aromatic amines is 1. The number of hydrogen-bond acceptors (Lipinski definition) is 2. The van der Waals surface area contributed by atoms with Crippen molar-refractivity contribution in [3.8, 4) is 0 Å². The number of H-pyrrole nitrogens is 1. The normalized spacial score (nSPS) is 17.1. The van der Waals surface area contributed by atoms with Crippen LogP contribution in [0.4, 0.5) is 13.2 Å². The van der Waals surface area contributed by atoms with E-state index in [4.69, 9.17) is 0 Å². The molecule has 1 aliphatic heterocycles. The van der Waals surface area contributed by atoms with Gasteiger partial charge < -0.3 is 4.98 Å². The molecule has 0 amide bonds. The Bertz CT molecular complexity index is 746. The standard InChI is InChI=1S/C18H19F3N2O/c19-18(20,21)16-4-2-1-3-15(16)12-23-9-6-13(7-10-23)14-5-8-22-17(24)11-14/h1-5,8,11,13H,6-7,9-10,12H2,(H,22,24). The summed E-state index contributed by atoms with van der Waals surface area (Å²) in [5.41, 5.74) is 0.657. The largest absolute Gasteiger partial charge is 0.416 e. The smallest absolute Gasteiger partial charge is 0.329 e. The van der Waals surface area contributed by atoms with Crippen LogP contribution in [0.1, 0.15) is 35.4 Å². The van der Waals surface area contributed by atoms with Gasteiger partial charge in [-0.2, -0.15) is 13.2 Å². The first-order chi connectivity index (χ1) is 11.4. The Hall–Kier alpha value is -2.08. The van der Waals surface area contributed by atoms with Crippen molar-refractivity contribution in [3.05, 3.63) is 69.6 Å². The molecule has 1 aromatic heterocycles. The zero-order valence-electron chi connectivity index (χ0n) is 13.1. The van der Waals surface area contributed by atoms with Gasteiger partial charge in [-0.1, -0.05) is 18.2 Å². The summed E-state index contributed by atoms with van der Waals surface area (Å²) in [7, 11) is 0. The van der Waals surface area contributed by atoms with Crippen LogP contribution in [-0.4, -0.2) is 23.0 Å². The van der Waals surface area contributed by atoms with Crippen molar-refractivity contribution in [2.75, 3.05) is 13.1 Å². The van der Waals surface area contributed by atoms with Crippen molar-refractivity contribution in [1.29, 1.82) is 0 Å². The number of alkyl halides is 3. The summed E-state index contributed by atoms with van der Waals surface area (Å²) in [5.74, 6) is 0.293. The predicted molar refractivity (Wildman–Crippen MR) is 85.8 cm³/mol. The Morgan fingerprint density at radius 1 is 1.12 bits per heavy atom. The molecule has 0 saturated carbocycles. The lowest BCUT2D eigenvalue weighted by atomic mass is 9.90. The fraction of sp³-hybridized carbons (Fsp3) is 0.389. The number of benzene rings is 1. The molecule has 1 aliphatic rings. The maximum atomic E-state index is 13.1. The Balaban J connectivity index is 1.65. The van der Waals surface area contributed by atoms with Crippen molar-refractivity contribution >= 4 is 0 Å². The molecule has 1 fully saturated rings. The molecule has 3 nitrogen and oxygen atoms in total. The molecule has 3 rings (SSSR count). The van der Waals surface area contributed by atoms with Crippen LogP contribution in [0, 0.1) is 0 Å². The van der Waals surface area contributed by atoms with Crippen molar-refractivity contribution in [1.82, 2.24) is 9.88 Å².